The van der Waals surface area contributed by atoms with Gasteiger partial charge in [-0.25, -0.2) is 0 Å². The van der Waals surface area contributed by atoms with E-state index in [-0.39, 0.29) is 19.8 Å². The van der Waals surface area contributed by atoms with Crippen molar-refractivity contribution in [3.05, 3.63) is 81.6 Å². The van der Waals surface area contributed by atoms with E-state index >= 15 is 0 Å². The van der Waals surface area contributed by atoms with Crippen LogP contribution in [0, 0.1) is 18.3 Å². The summed E-state index contributed by atoms with van der Waals surface area (Å²) >= 11 is 6.65. The molecule has 1 unspecified atom stereocenters. The molecule has 0 aliphatic carbocycles. The van der Waals surface area contributed by atoms with Gasteiger partial charge in [0.15, 0.2) is 0 Å². The number of nitriles is 1. The van der Waals surface area contributed by atoms with Crippen LogP contribution in [0.5, 0.6) is 11.5 Å². The van der Waals surface area contributed by atoms with Gasteiger partial charge < -0.3 is 29.0 Å². The highest BCUT2D eigenvalue weighted by atomic mass is 35.5. The highest BCUT2D eigenvalue weighted by molar-refractivity contribution is 6.62. The fourth-order valence-electron chi connectivity index (χ4n) is 4.48. The number of pyridine rings is 1. The van der Waals surface area contributed by atoms with E-state index in [1.54, 1.807) is 24.4 Å². The first-order valence-electron chi connectivity index (χ1n) is 14.1. The third-order valence-corrected chi connectivity index (χ3v) is 8.56. The Labute approximate surface area is 263 Å². The van der Waals surface area contributed by atoms with Gasteiger partial charge in [0.1, 0.15) is 36.3 Å². The van der Waals surface area contributed by atoms with Crippen LogP contribution >= 0.6 is 11.6 Å². The van der Waals surface area contributed by atoms with Crippen molar-refractivity contribution in [1.82, 2.24) is 10.3 Å². The van der Waals surface area contributed by atoms with Crippen LogP contribution in [0.25, 0.3) is 0 Å². The Morgan fingerprint density at radius 3 is 2.41 bits per heavy atom. The van der Waals surface area contributed by atoms with E-state index in [0.29, 0.717) is 33.2 Å². The number of benzene rings is 2. The topological polar surface area (TPSA) is 143 Å². The number of carboxylic acid groups (broad SMARTS) is 1. The van der Waals surface area contributed by atoms with Gasteiger partial charge in [0, 0.05) is 36.1 Å². The molecular formula is C32H37BClN3O7. The van der Waals surface area contributed by atoms with Crippen molar-refractivity contribution in [1.29, 1.82) is 5.26 Å². The fraction of sp³-hybridized carbons (Fsp3) is 0.406. The largest absolute Gasteiger partial charge is 0.495 e. The van der Waals surface area contributed by atoms with Crippen LogP contribution in [0.15, 0.2) is 48.8 Å². The number of carboxylic acids is 1. The van der Waals surface area contributed by atoms with Gasteiger partial charge in [-0.3, -0.25) is 15.1 Å². The maximum absolute atomic E-state index is 11.7. The van der Waals surface area contributed by atoms with Gasteiger partial charge in [0.25, 0.3) is 0 Å². The summed E-state index contributed by atoms with van der Waals surface area (Å²) in [4.78, 5) is 15.8. The number of hydrogen-bond donors (Lipinski definition) is 3. The van der Waals surface area contributed by atoms with E-state index in [9.17, 15) is 20.3 Å². The lowest BCUT2D eigenvalue weighted by Gasteiger charge is -2.32. The van der Waals surface area contributed by atoms with E-state index in [1.807, 2.05) is 52.8 Å². The minimum Gasteiger partial charge on any atom is -0.488 e. The molecule has 44 heavy (non-hydrogen) atoms. The van der Waals surface area contributed by atoms with Crippen molar-refractivity contribution in [2.24, 2.45) is 0 Å². The third kappa shape index (κ3) is 7.17. The summed E-state index contributed by atoms with van der Waals surface area (Å²) in [6.45, 7) is 11.1. The molecule has 0 saturated carbocycles. The summed E-state index contributed by atoms with van der Waals surface area (Å²) in [5.74, 6) is -0.461. The summed E-state index contributed by atoms with van der Waals surface area (Å²) in [6.07, 6.45) is 3.05. The quantitative estimate of drug-likeness (QED) is 0.251. The van der Waals surface area contributed by atoms with Crippen molar-refractivity contribution < 1.29 is 33.8 Å². The lowest BCUT2D eigenvalue weighted by Crippen LogP contribution is -2.52. The number of carbonyl (C=O) groups is 1. The summed E-state index contributed by atoms with van der Waals surface area (Å²) in [7, 11) is -0.514. The zero-order chi connectivity index (χ0) is 32.3. The summed E-state index contributed by atoms with van der Waals surface area (Å²) < 4.78 is 24.8. The van der Waals surface area contributed by atoms with Crippen LogP contribution in [-0.4, -0.2) is 51.6 Å². The van der Waals surface area contributed by atoms with Gasteiger partial charge in [-0.15, -0.1) is 0 Å². The van der Waals surface area contributed by atoms with Gasteiger partial charge in [0.05, 0.1) is 28.4 Å². The Bertz CT molecular complexity index is 1560. The minimum absolute atomic E-state index is 0.0322. The first-order valence-corrected chi connectivity index (χ1v) is 14.5. The van der Waals surface area contributed by atoms with Crippen molar-refractivity contribution in [3.8, 4) is 17.6 Å². The van der Waals surface area contributed by atoms with Gasteiger partial charge in [-0.1, -0.05) is 29.8 Å². The molecule has 2 heterocycles. The van der Waals surface area contributed by atoms with Crippen molar-refractivity contribution >= 4 is 30.2 Å². The molecule has 1 atom stereocenters. The number of aliphatic hydroxyl groups excluding tert-OH is 1. The summed E-state index contributed by atoms with van der Waals surface area (Å²) in [5, 5.41) is 31.6. The Kier molecular flexibility index (Phi) is 9.93. The first kappa shape index (κ1) is 33.2. The van der Waals surface area contributed by atoms with E-state index < -0.39 is 36.4 Å². The molecule has 1 aliphatic rings. The molecule has 1 aromatic heterocycles. The normalized spacial score (nSPS) is 16.7. The van der Waals surface area contributed by atoms with Gasteiger partial charge >= 0.3 is 13.1 Å². The number of ether oxygens (including phenoxy) is 2. The molecule has 3 aromatic rings. The van der Waals surface area contributed by atoms with Gasteiger partial charge in [-0.2, -0.15) is 5.26 Å². The Morgan fingerprint density at radius 1 is 1.09 bits per heavy atom. The molecule has 232 valence electrons. The van der Waals surface area contributed by atoms with Crippen LogP contribution in [-0.2, 0) is 33.9 Å². The highest BCUT2D eigenvalue weighted by Gasteiger charge is 2.52. The van der Waals surface area contributed by atoms with Crippen LogP contribution in [0.4, 0.5) is 0 Å². The number of rotatable bonds is 12. The number of aliphatic hydroxyl groups is 1. The third-order valence-electron chi connectivity index (χ3n) is 8.27. The summed E-state index contributed by atoms with van der Waals surface area (Å²) in [5.41, 5.74) is 1.90. The lowest BCUT2D eigenvalue weighted by molar-refractivity contribution is -0.145. The minimum atomic E-state index is -1.58. The molecule has 2 aromatic carbocycles. The zero-order valence-electron chi connectivity index (χ0n) is 25.7. The maximum Gasteiger partial charge on any atom is 0.495 e. The molecule has 10 nitrogen and oxygen atoms in total. The predicted octanol–water partition coefficient (Wildman–Crippen LogP) is 4.30. The average Bonchev–Trinajstić information content (AvgIpc) is 3.21. The molecule has 12 heteroatoms. The monoisotopic (exact) mass is 621 g/mol. The predicted molar refractivity (Wildman–Crippen MR) is 166 cm³/mol. The van der Waals surface area contributed by atoms with Crippen LogP contribution in [0.2, 0.25) is 5.02 Å². The Morgan fingerprint density at radius 2 is 1.77 bits per heavy atom. The zero-order valence-corrected chi connectivity index (χ0v) is 26.5. The second kappa shape index (κ2) is 13.1. The number of halogens is 1. The lowest BCUT2D eigenvalue weighted by atomic mass is 9.75. The smallest absolute Gasteiger partial charge is 0.488 e. The van der Waals surface area contributed by atoms with Crippen LogP contribution < -0.4 is 20.3 Å². The standard InChI is InChI=1S/C32H37BClN3O7/c1-20-23(8-7-9-25(20)33-43-30(2,3)31(4,5)44-33)18-42-28-12-27(41-17-22-10-21(13-35)14-36-15-22)24(11-26(28)34)16-37-32(6,19-38)29(39)40/h7-12,14-15,37-38H,16-19H2,1-6H3,(H,39,40). The second-order valence-electron chi connectivity index (χ2n) is 12.0. The second-order valence-corrected chi connectivity index (χ2v) is 12.4. The molecule has 0 amide bonds. The van der Waals surface area contributed by atoms with E-state index in [0.717, 1.165) is 16.6 Å². The number of hydrogen-bond acceptors (Lipinski definition) is 9. The van der Waals surface area contributed by atoms with Crippen LogP contribution in [0.3, 0.4) is 0 Å². The molecule has 1 saturated heterocycles. The first-order chi connectivity index (χ1) is 20.7. The molecular weight excluding hydrogens is 585 g/mol. The van der Waals surface area contributed by atoms with Crippen LogP contribution in [0.1, 0.15) is 62.4 Å². The van der Waals surface area contributed by atoms with Crippen molar-refractivity contribution in [2.75, 3.05) is 6.61 Å². The maximum atomic E-state index is 11.7. The molecule has 4 rings (SSSR count). The number of aromatic nitrogens is 1. The Balaban J connectivity index is 1.58. The number of nitrogens with zero attached hydrogens (tertiary/aromatic N) is 2. The summed E-state index contributed by atoms with van der Waals surface area (Å²) in [6, 6.07) is 12.9. The molecule has 1 aliphatic heterocycles. The average molecular weight is 622 g/mol. The molecule has 0 bridgehead atoms. The molecule has 3 N–H and O–H groups in total. The van der Waals surface area contributed by atoms with E-state index in [4.69, 9.17) is 30.4 Å². The van der Waals surface area contributed by atoms with Gasteiger partial charge in [-0.05, 0) is 70.3 Å². The van der Waals surface area contributed by atoms with Crippen molar-refractivity contribution in [2.45, 2.75) is 78.0 Å². The number of aliphatic carboxylic acids is 1. The fourth-order valence-corrected chi connectivity index (χ4v) is 4.72. The van der Waals surface area contributed by atoms with Gasteiger partial charge in [0.2, 0.25) is 0 Å². The highest BCUT2D eigenvalue weighted by Crippen LogP contribution is 2.37. The Hall–Kier alpha value is -3.66. The molecule has 1 fully saturated rings. The molecule has 0 radical (unpaired) electrons. The van der Waals surface area contributed by atoms with E-state index in [2.05, 4.69) is 16.4 Å². The SMILES string of the molecule is Cc1c(COc2cc(OCc3cncc(C#N)c3)c(CNC(C)(CO)C(=O)O)cc2Cl)cccc1B1OC(C)(C)C(C)(C)O1. The van der Waals surface area contributed by atoms with Crippen molar-refractivity contribution in [3.63, 3.8) is 0 Å². The van der Waals surface area contributed by atoms with E-state index in [1.165, 1.54) is 13.1 Å². The molecule has 0 spiro atoms. The number of nitrogens with one attached hydrogen (secondary N) is 1.